The normalized spacial score (nSPS) is 10.4. The van der Waals surface area contributed by atoms with Gasteiger partial charge in [-0.05, 0) is 44.2 Å². The lowest BCUT2D eigenvalue weighted by Gasteiger charge is -2.11. The Morgan fingerprint density at radius 3 is 2.32 bits per heavy atom. The predicted molar refractivity (Wildman–Crippen MR) is 131 cm³/mol. The molecule has 4 aromatic rings. The summed E-state index contributed by atoms with van der Waals surface area (Å²) in [6.07, 6.45) is 0. The number of aromatic nitrogens is 3. The minimum Gasteiger partial charge on any atom is -0.322 e. The van der Waals surface area contributed by atoms with Gasteiger partial charge in [0.1, 0.15) is 17.2 Å². The van der Waals surface area contributed by atoms with Crippen LogP contribution in [-0.2, 0) is 5.75 Å². The third-order valence-electron chi connectivity index (χ3n) is 5.19. The molecule has 0 aliphatic carbocycles. The maximum Gasteiger partial charge on any atom is 0.257 e. The van der Waals surface area contributed by atoms with Gasteiger partial charge in [0, 0.05) is 11.4 Å². The van der Waals surface area contributed by atoms with E-state index in [-0.39, 0.29) is 5.91 Å². The third-order valence-corrected chi connectivity index (χ3v) is 6.19. The molecule has 0 saturated heterocycles. The highest BCUT2D eigenvalue weighted by Gasteiger charge is 2.20. The highest BCUT2D eigenvalue weighted by Crippen LogP contribution is 2.29. The summed E-state index contributed by atoms with van der Waals surface area (Å²) in [6.45, 7) is 3.54. The lowest BCUT2D eigenvalue weighted by molar-refractivity contribution is 0.102. The van der Waals surface area contributed by atoms with Crippen molar-refractivity contribution < 1.29 is 4.79 Å². The molecule has 0 aliphatic heterocycles. The van der Waals surface area contributed by atoms with Gasteiger partial charge in [0.15, 0.2) is 0 Å². The molecule has 34 heavy (non-hydrogen) atoms. The number of rotatable bonds is 6. The zero-order valence-electron chi connectivity index (χ0n) is 18.6. The minimum atomic E-state index is -0.325. The van der Waals surface area contributed by atoms with Crippen LogP contribution >= 0.6 is 11.8 Å². The summed E-state index contributed by atoms with van der Waals surface area (Å²) < 4.78 is 1.75. The van der Waals surface area contributed by atoms with E-state index < -0.39 is 0 Å². The van der Waals surface area contributed by atoms with E-state index in [0.29, 0.717) is 44.5 Å². The van der Waals surface area contributed by atoms with E-state index in [1.807, 2.05) is 48.5 Å². The van der Waals surface area contributed by atoms with Crippen LogP contribution < -0.4 is 5.32 Å². The van der Waals surface area contributed by atoms with Crippen LogP contribution in [0.4, 0.5) is 5.69 Å². The summed E-state index contributed by atoms with van der Waals surface area (Å²) in [5, 5.41) is 27.3. The van der Waals surface area contributed by atoms with Crippen molar-refractivity contribution in [3.8, 4) is 17.8 Å². The van der Waals surface area contributed by atoms with Gasteiger partial charge in [0.05, 0.1) is 39.5 Å². The fraction of sp³-hybridized carbons (Fsp3) is 0.115. The summed E-state index contributed by atoms with van der Waals surface area (Å²) in [5.74, 6) is 0.0590. The smallest absolute Gasteiger partial charge is 0.257 e. The molecule has 0 atom stereocenters. The number of benzene rings is 2. The standard InChI is InChI=1S/C26H20N6OS/c1-17-22(25(33)30-20-9-5-3-6-10-20)13-19(14-27)26(29-17)34-16-24-23(15-28)18(2)31-32(24)21-11-7-4-8-12-21/h3-13H,16H2,1-2H3,(H,30,33). The van der Waals surface area contributed by atoms with Crippen LogP contribution in [0.2, 0.25) is 0 Å². The molecule has 7 nitrogen and oxygen atoms in total. The largest absolute Gasteiger partial charge is 0.322 e. The van der Waals surface area contributed by atoms with Crippen molar-refractivity contribution in [3.63, 3.8) is 0 Å². The molecule has 2 aromatic carbocycles. The van der Waals surface area contributed by atoms with Gasteiger partial charge in [-0.25, -0.2) is 9.67 Å². The van der Waals surface area contributed by atoms with E-state index in [0.717, 1.165) is 11.4 Å². The molecule has 1 amide bonds. The number of hydrogen-bond acceptors (Lipinski definition) is 6. The molecule has 8 heteroatoms. The number of amides is 1. The molecule has 0 aliphatic rings. The average Bonchev–Trinajstić information content (AvgIpc) is 3.18. The first-order valence-corrected chi connectivity index (χ1v) is 11.5. The molecule has 0 radical (unpaired) electrons. The zero-order valence-corrected chi connectivity index (χ0v) is 19.4. The number of anilines is 1. The third kappa shape index (κ3) is 4.68. The maximum absolute atomic E-state index is 12.8. The first kappa shape index (κ1) is 22.8. The number of carbonyl (C=O) groups excluding carboxylic acids is 1. The van der Waals surface area contributed by atoms with Gasteiger partial charge >= 0.3 is 0 Å². The Balaban J connectivity index is 1.62. The van der Waals surface area contributed by atoms with E-state index in [1.165, 1.54) is 11.8 Å². The van der Waals surface area contributed by atoms with Crippen LogP contribution in [0.25, 0.3) is 5.69 Å². The van der Waals surface area contributed by atoms with Crippen molar-refractivity contribution in [2.24, 2.45) is 0 Å². The maximum atomic E-state index is 12.8. The molecule has 0 spiro atoms. The molecule has 0 saturated carbocycles. The number of nitrogens with zero attached hydrogens (tertiary/aromatic N) is 5. The molecular formula is C26H20N6OS. The van der Waals surface area contributed by atoms with Crippen molar-refractivity contribution >= 4 is 23.4 Å². The van der Waals surface area contributed by atoms with Gasteiger partial charge in [0.25, 0.3) is 5.91 Å². The van der Waals surface area contributed by atoms with Gasteiger partial charge in [-0.3, -0.25) is 4.79 Å². The second-order valence-electron chi connectivity index (χ2n) is 7.46. The second-order valence-corrected chi connectivity index (χ2v) is 8.42. The summed E-state index contributed by atoms with van der Waals surface area (Å²) in [7, 11) is 0. The van der Waals surface area contributed by atoms with E-state index in [4.69, 9.17) is 0 Å². The van der Waals surface area contributed by atoms with Crippen molar-refractivity contribution in [3.05, 3.63) is 101 Å². The van der Waals surface area contributed by atoms with Crippen LogP contribution in [-0.4, -0.2) is 20.7 Å². The topological polar surface area (TPSA) is 107 Å². The number of carbonyl (C=O) groups is 1. The Hall–Kier alpha value is -4.40. The molecule has 2 aromatic heterocycles. The summed E-state index contributed by atoms with van der Waals surface area (Å²) >= 11 is 1.34. The molecule has 0 unspecified atom stereocenters. The van der Waals surface area contributed by atoms with E-state index in [1.54, 1.807) is 36.7 Å². The average molecular weight is 465 g/mol. The highest BCUT2D eigenvalue weighted by molar-refractivity contribution is 7.98. The van der Waals surface area contributed by atoms with E-state index in [2.05, 4.69) is 27.5 Å². The van der Waals surface area contributed by atoms with Crippen molar-refractivity contribution in [1.82, 2.24) is 14.8 Å². The van der Waals surface area contributed by atoms with Gasteiger partial charge < -0.3 is 5.32 Å². The predicted octanol–water partition coefficient (Wildman–Crippen LogP) is 5.17. The van der Waals surface area contributed by atoms with Crippen LogP contribution in [0.5, 0.6) is 0 Å². The number of aryl methyl sites for hydroxylation is 2. The first-order chi connectivity index (χ1) is 16.5. The lowest BCUT2D eigenvalue weighted by atomic mass is 10.1. The summed E-state index contributed by atoms with van der Waals surface area (Å²) in [5.41, 5.74) is 4.54. The first-order valence-electron chi connectivity index (χ1n) is 10.5. The molecular weight excluding hydrogens is 444 g/mol. The Morgan fingerprint density at radius 2 is 1.68 bits per heavy atom. The van der Waals surface area contributed by atoms with Crippen molar-refractivity contribution in [2.45, 2.75) is 24.6 Å². The molecule has 4 rings (SSSR count). The number of nitrogens with one attached hydrogen (secondary N) is 1. The summed E-state index contributed by atoms with van der Waals surface area (Å²) in [6, 6.07) is 24.6. The molecule has 1 N–H and O–H groups in total. The van der Waals surface area contributed by atoms with Gasteiger partial charge in [-0.2, -0.15) is 15.6 Å². The number of para-hydroxylation sites is 2. The fourth-order valence-electron chi connectivity index (χ4n) is 3.50. The van der Waals surface area contributed by atoms with Crippen LogP contribution in [0.15, 0.2) is 71.8 Å². The SMILES string of the molecule is Cc1nc(SCc2c(C#N)c(C)nn2-c2ccccc2)c(C#N)cc1C(=O)Nc1ccccc1. The van der Waals surface area contributed by atoms with Crippen molar-refractivity contribution in [1.29, 1.82) is 10.5 Å². The number of thioether (sulfide) groups is 1. The second kappa shape index (κ2) is 10.0. The minimum absolute atomic E-state index is 0.301. The Kier molecular flexibility index (Phi) is 6.72. The summed E-state index contributed by atoms with van der Waals surface area (Å²) in [4.78, 5) is 17.3. The Bertz CT molecular complexity index is 1430. The van der Waals surface area contributed by atoms with Crippen LogP contribution in [0.1, 0.15) is 38.6 Å². The van der Waals surface area contributed by atoms with E-state index >= 15 is 0 Å². The Labute approximate surface area is 201 Å². The van der Waals surface area contributed by atoms with Gasteiger partial charge in [-0.15, -0.1) is 0 Å². The van der Waals surface area contributed by atoms with Gasteiger partial charge in [-0.1, -0.05) is 48.2 Å². The van der Waals surface area contributed by atoms with Gasteiger partial charge in [0.2, 0.25) is 0 Å². The van der Waals surface area contributed by atoms with Crippen LogP contribution in [0.3, 0.4) is 0 Å². The molecule has 0 fully saturated rings. The number of nitriles is 2. The quantitative estimate of drug-likeness (QED) is 0.394. The monoisotopic (exact) mass is 464 g/mol. The Morgan fingerprint density at radius 1 is 1.00 bits per heavy atom. The molecule has 0 bridgehead atoms. The zero-order chi connectivity index (χ0) is 24.1. The molecule has 2 heterocycles. The fourth-order valence-corrected chi connectivity index (χ4v) is 4.50. The van der Waals surface area contributed by atoms with Crippen LogP contribution in [0, 0.1) is 36.5 Å². The number of pyridine rings is 1. The number of hydrogen-bond donors (Lipinski definition) is 1. The molecule has 166 valence electrons. The highest BCUT2D eigenvalue weighted by atomic mass is 32.2. The van der Waals surface area contributed by atoms with E-state index in [9.17, 15) is 15.3 Å². The lowest BCUT2D eigenvalue weighted by Crippen LogP contribution is -2.15. The van der Waals surface area contributed by atoms with Crippen molar-refractivity contribution in [2.75, 3.05) is 5.32 Å².